The second kappa shape index (κ2) is 44.1. The number of fused-ring (bicyclic) bond motifs is 5. The van der Waals surface area contributed by atoms with Crippen LogP contribution in [-0.4, -0.2) is 195 Å². The summed E-state index contributed by atoms with van der Waals surface area (Å²) in [6, 6.07) is 34.7. The number of nitrogens with zero attached hydrogens (tertiary/aromatic N) is 1. The number of aliphatic hydroxyl groups excluding tert-OH is 3. The summed E-state index contributed by atoms with van der Waals surface area (Å²) in [6.45, 7) is 15.3. The van der Waals surface area contributed by atoms with Crippen LogP contribution in [0.3, 0.4) is 0 Å². The number of aliphatic hydroxyl groups is 4. The molecule has 5 fully saturated rings. The monoisotopic (exact) mass is 1720 g/mol. The third-order valence-electron chi connectivity index (χ3n) is 23.6. The fraction of sp³-hybridized carbons (Fsp3) is 0.494. The summed E-state index contributed by atoms with van der Waals surface area (Å²) in [5.74, 6) is -3.67. The van der Waals surface area contributed by atoms with Crippen molar-refractivity contribution in [2.24, 2.45) is 34.5 Å². The molecule has 644 valence electrons. The molecule has 5 aromatic carbocycles. The Kier molecular flexibility index (Phi) is 36.4. The second-order valence-corrected chi connectivity index (χ2v) is 32.6. The van der Waals surface area contributed by atoms with Crippen LogP contribution >= 0.6 is 11.6 Å². The lowest BCUT2D eigenvalue weighted by Crippen LogP contribution is -3.00. The summed E-state index contributed by atoms with van der Waals surface area (Å²) in [7, 11) is 7.57. The van der Waals surface area contributed by atoms with Gasteiger partial charge in [0.05, 0.1) is 69.4 Å². The number of carboxylic acid groups (broad SMARTS) is 2. The number of carboxylic acids is 2. The molecule has 2 amide bonds. The molecule has 5 aromatic rings. The molecule has 14 atom stereocenters. The Balaban J connectivity index is 0.000000239. The molecule has 12 N–H and O–H groups in total. The van der Waals surface area contributed by atoms with Crippen LogP contribution in [0.2, 0.25) is 0 Å². The van der Waals surface area contributed by atoms with Crippen molar-refractivity contribution in [1.29, 1.82) is 0 Å². The number of rotatable bonds is 30. The highest BCUT2D eigenvalue weighted by molar-refractivity contribution is 6.26. The van der Waals surface area contributed by atoms with Crippen LogP contribution in [-0.2, 0) is 75.8 Å². The van der Waals surface area contributed by atoms with Gasteiger partial charge in [0, 0.05) is 79.3 Å². The van der Waals surface area contributed by atoms with Crippen LogP contribution in [0.15, 0.2) is 151 Å². The summed E-state index contributed by atoms with van der Waals surface area (Å²) in [5.41, 5.74) is 1.04. The maximum absolute atomic E-state index is 13.9. The number of ether oxygens (including phenoxy) is 5. The first-order valence-electron chi connectivity index (χ1n) is 39.7. The minimum Gasteiger partial charge on any atom is -1.00 e. The van der Waals surface area contributed by atoms with Crippen molar-refractivity contribution in [3.8, 4) is 23.0 Å². The number of allylic oxidation sites excluding steroid dienone is 4. The number of alkyl halides is 1. The average Bonchev–Trinajstić information content (AvgIpc) is 1.44. The number of anilines is 2. The van der Waals surface area contributed by atoms with Crippen LogP contribution in [0, 0.1) is 34.5 Å². The maximum atomic E-state index is 13.9. The number of ketones is 2. The van der Waals surface area contributed by atoms with E-state index in [0.29, 0.717) is 74.0 Å². The first-order chi connectivity index (χ1) is 55.4. The van der Waals surface area contributed by atoms with E-state index in [9.17, 15) is 73.8 Å². The molecule has 0 aromatic heterocycles. The SMILES string of the molecule is CCC(=O)OCC(=O)[C@@]1(OC(=O)CC)[C@@H](C)C[C@H]2[C@@H]3CCC4=CC(=O)C=C[C@]4(C)[C@@]3(Cl)[C@@H](O)C[C@@]21C.COc1ccc(C[C@@H](C)NC[C@H](O)c2ccc(O)c(NC=O)c2)cc1.COc1ccc(C[C@@H](C)NC[C@H](O)c2ccc(O)c(NC=O)c2)cc1.C[N+]1(C)CCC(OC(=O)C(O)(c2ccccc2)C2CCCC2)C1.O=C(O)/C=C/C(=O)O.[Br-]. The Bertz CT molecular complexity index is 4180. The van der Waals surface area contributed by atoms with Gasteiger partial charge in [-0.2, -0.15) is 0 Å². The van der Waals surface area contributed by atoms with Gasteiger partial charge < -0.3 is 107 Å². The molecular weight excluding hydrogens is 1610 g/mol. The predicted octanol–water partition coefficient (Wildman–Crippen LogP) is 7.71. The van der Waals surface area contributed by atoms with Crippen LogP contribution in [0.1, 0.15) is 159 Å². The van der Waals surface area contributed by atoms with Crippen molar-refractivity contribution >= 4 is 77.2 Å². The molecule has 6 aliphatic rings. The second-order valence-electron chi connectivity index (χ2n) is 32.0. The van der Waals surface area contributed by atoms with Gasteiger partial charge in [0.15, 0.2) is 29.7 Å². The van der Waals surface area contributed by atoms with Crippen molar-refractivity contribution in [3.63, 3.8) is 0 Å². The number of quaternary nitrogens is 1. The molecular formula is C89H117BrClN5O22. The van der Waals surface area contributed by atoms with Gasteiger partial charge in [0.25, 0.3) is 0 Å². The standard InChI is InChI=1S/C28H37ClO7.2C19H24N2O4.C19H28NO3.C4H4O4.BrH/c1-6-23(33)35-15-22(32)28(36-24(34)7-2)16(3)12-20-19-9-8-17-13-18(30)10-11-25(17,4)27(19,29)21(31)14-26(20,28)5;2*1-13(9-14-3-6-16(25-2)7-4-14)20-11-19(24)15-5-8-18(23)17(10-15)21-12-22;1-20(2)13-12-17(14-20)23-18(21)19(22,16-10-6-7-11-16)15-8-4-3-5-9-15;5-3(6)1-2-4(7)8;/h10-11,13,16,19-21,31H,6-9,12,14-15H2,1-5H3;2*3-8,10,12-13,19-20,23-24H,9,11H2,1-2H3,(H,21,22);3-5,8-9,16-17,22H,6-7,10-14H2,1-2H3;1-2H,(H,5,6)(H,7,8);1H/q;;;+1;;/p-1/b;;;;2-1+;/t16-,19-,20-,21-,25-,26-,27-,28-;2*13-,19+;;;/m011.../s1. The minimum absolute atomic E-state index is 0. The van der Waals surface area contributed by atoms with E-state index in [1.807, 2.05) is 120 Å². The lowest BCUT2D eigenvalue weighted by Gasteiger charge is -2.64. The smallest absolute Gasteiger partial charge is 0.343 e. The number of halogens is 2. The van der Waals surface area contributed by atoms with E-state index in [1.54, 1.807) is 58.4 Å². The zero-order chi connectivity index (χ0) is 86.2. The predicted molar refractivity (Wildman–Crippen MR) is 440 cm³/mol. The lowest BCUT2D eigenvalue weighted by molar-refractivity contribution is -0.879. The molecule has 29 heteroatoms. The number of methoxy groups -OCH3 is 2. The summed E-state index contributed by atoms with van der Waals surface area (Å²) in [5, 5.41) is 90.1. The van der Waals surface area contributed by atoms with E-state index < -0.39 is 87.5 Å². The number of phenols is 2. The van der Waals surface area contributed by atoms with Crippen molar-refractivity contribution in [2.45, 2.75) is 185 Å². The number of carbonyl (C=O) groups is 9. The Morgan fingerprint density at radius 2 is 1.20 bits per heavy atom. The average molecular weight is 1720 g/mol. The van der Waals surface area contributed by atoms with E-state index in [1.165, 1.54) is 29.3 Å². The third kappa shape index (κ3) is 24.2. The number of carbonyl (C=O) groups excluding carboxylic acids is 7. The van der Waals surface area contributed by atoms with E-state index in [4.69, 9.17) is 45.5 Å². The number of esters is 3. The van der Waals surface area contributed by atoms with Crippen LogP contribution in [0.25, 0.3) is 0 Å². The molecule has 1 saturated heterocycles. The van der Waals surface area contributed by atoms with Gasteiger partial charge in [-0.3, -0.25) is 28.8 Å². The molecule has 0 radical (unpaired) electrons. The molecule has 0 spiro atoms. The molecule has 1 aliphatic heterocycles. The number of hydrogen-bond donors (Lipinski definition) is 12. The number of phenolic OH excluding ortho intramolecular Hbond substituents is 2. The maximum Gasteiger partial charge on any atom is 0.343 e. The summed E-state index contributed by atoms with van der Waals surface area (Å²) in [6.07, 6.45) is 13.1. The lowest BCUT2D eigenvalue weighted by atomic mass is 9.45. The molecule has 1 heterocycles. The van der Waals surface area contributed by atoms with Crippen molar-refractivity contribution in [2.75, 3.05) is 71.7 Å². The normalized spacial score (nSPS) is 24.6. The van der Waals surface area contributed by atoms with Crippen LogP contribution in [0.5, 0.6) is 23.0 Å². The molecule has 4 saturated carbocycles. The number of aromatic hydroxyl groups is 2. The fourth-order valence-electron chi connectivity index (χ4n) is 17.4. The Labute approximate surface area is 705 Å². The largest absolute Gasteiger partial charge is 1.00 e. The van der Waals surface area contributed by atoms with Gasteiger partial charge in [-0.1, -0.05) is 126 Å². The number of amides is 2. The van der Waals surface area contributed by atoms with Crippen LogP contribution < -0.4 is 47.7 Å². The number of hydrogen-bond acceptors (Lipinski definition) is 22. The zero-order valence-corrected chi connectivity index (χ0v) is 71.4. The summed E-state index contributed by atoms with van der Waals surface area (Å²) >= 11 is 7.48. The number of Topliss-reactive ketones (excluding diaryl/α,β-unsaturated/α-hetero) is 1. The zero-order valence-electron chi connectivity index (χ0n) is 69.0. The van der Waals surface area contributed by atoms with E-state index in [-0.39, 0.29) is 107 Å². The highest BCUT2D eigenvalue weighted by Crippen LogP contribution is 2.72. The van der Waals surface area contributed by atoms with Crippen LogP contribution in [0.4, 0.5) is 11.4 Å². The van der Waals surface area contributed by atoms with Crippen molar-refractivity contribution < 1.29 is 129 Å². The van der Waals surface area contributed by atoms with Gasteiger partial charge in [-0.15, -0.1) is 11.6 Å². The molecule has 0 bridgehead atoms. The quantitative estimate of drug-likeness (QED) is 0.00398. The number of nitrogens with one attached hydrogen (secondary N) is 4. The molecule has 118 heavy (non-hydrogen) atoms. The van der Waals surface area contributed by atoms with E-state index in [2.05, 4.69) is 35.4 Å². The van der Waals surface area contributed by atoms with Gasteiger partial charge in [0.1, 0.15) is 29.5 Å². The van der Waals surface area contributed by atoms with E-state index in [0.717, 1.165) is 79.6 Å². The van der Waals surface area contributed by atoms with Gasteiger partial charge >= 0.3 is 29.8 Å². The van der Waals surface area contributed by atoms with Gasteiger partial charge in [0.2, 0.25) is 18.6 Å². The first kappa shape index (κ1) is 97.5. The number of likely N-dealkylation sites (tertiary alicyclic amines) is 1. The van der Waals surface area contributed by atoms with Crippen molar-refractivity contribution in [3.05, 3.63) is 179 Å². The van der Waals surface area contributed by atoms with Gasteiger partial charge in [-0.05, 0) is 166 Å². The summed E-state index contributed by atoms with van der Waals surface area (Å²) < 4.78 is 28.2. The highest BCUT2D eigenvalue weighted by atomic mass is 79.9. The Morgan fingerprint density at radius 3 is 1.65 bits per heavy atom. The van der Waals surface area contributed by atoms with E-state index >= 15 is 0 Å². The highest BCUT2D eigenvalue weighted by Gasteiger charge is 2.76. The number of aliphatic carboxylic acids is 2. The molecule has 5 aliphatic carbocycles. The Hall–Kier alpha value is -9.36. The molecule has 2 unspecified atom stereocenters. The summed E-state index contributed by atoms with van der Waals surface area (Å²) in [4.78, 5) is 103. The number of benzene rings is 5. The Morgan fingerprint density at radius 1 is 0.703 bits per heavy atom. The third-order valence-corrected chi connectivity index (χ3v) is 24.6. The molecule has 27 nitrogen and oxygen atoms in total. The molecule has 11 rings (SSSR count). The van der Waals surface area contributed by atoms with Crippen molar-refractivity contribution in [1.82, 2.24) is 10.6 Å². The topological polar surface area (TPSA) is 410 Å². The fourth-order valence-corrected chi connectivity index (χ4v) is 17.9. The van der Waals surface area contributed by atoms with Gasteiger partial charge in [-0.25, -0.2) is 14.4 Å². The first-order valence-corrected chi connectivity index (χ1v) is 40.1. The minimum atomic E-state index is -1.55. The number of likely N-dealkylation sites (N-methyl/N-ethyl adjacent to an activating group) is 1.